The van der Waals surface area contributed by atoms with Crippen molar-refractivity contribution in [2.75, 3.05) is 19.6 Å². The largest absolute Gasteiger partial charge is 0.326 e. The number of sulfonamides is 1. The number of rotatable bonds is 3. The summed E-state index contributed by atoms with van der Waals surface area (Å²) >= 11 is 0. The highest BCUT2D eigenvalue weighted by molar-refractivity contribution is 7.89. The number of hydrogen-bond donors (Lipinski definition) is 2. The lowest BCUT2D eigenvalue weighted by Gasteiger charge is -2.41. The maximum atomic E-state index is 12.9. The third kappa shape index (κ3) is 2.40. The molecule has 2 unspecified atom stereocenters. The Morgan fingerprint density at radius 1 is 1.43 bits per heavy atom. The minimum atomic E-state index is -3.59. The fourth-order valence-electron chi connectivity index (χ4n) is 3.49. The van der Waals surface area contributed by atoms with Gasteiger partial charge in [-0.1, -0.05) is 0 Å². The van der Waals surface area contributed by atoms with Crippen LogP contribution in [-0.4, -0.2) is 59.5 Å². The minimum absolute atomic E-state index is 0.0352. The molecule has 118 valence electrons. The first-order valence-electron chi connectivity index (χ1n) is 7.45. The van der Waals surface area contributed by atoms with E-state index >= 15 is 0 Å². The Balaban J connectivity index is 1.94. The monoisotopic (exact) mass is 313 g/mol. The van der Waals surface area contributed by atoms with Crippen LogP contribution >= 0.6 is 0 Å². The van der Waals surface area contributed by atoms with Crippen LogP contribution in [0.1, 0.15) is 31.0 Å². The van der Waals surface area contributed by atoms with Gasteiger partial charge in [0.2, 0.25) is 0 Å². The lowest BCUT2D eigenvalue weighted by molar-refractivity contribution is 0.117. The maximum absolute atomic E-state index is 12.9. The molecular weight excluding hydrogens is 290 g/mol. The summed E-state index contributed by atoms with van der Waals surface area (Å²) in [5, 5.41) is 6.85. The highest BCUT2D eigenvalue weighted by atomic mass is 32.2. The Morgan fingerprint density at radius 3 is 2.90 bits per heavy atom. The van der Waals surface area contributed by atoms with E-state index in [-0.39, 0.29) is 17.6 Å². The third-order valence-corrected chi connectivity index (χ3v) is 6.63. The molecule has 1 aromatic heterocycles. The molecule has 2 aliphatic heterocycles. The average molecular weight is 313 g/mol. The quantitative estimate of drug-likeness (QED) is 0.821. The van der Waals surface area contributed by atoms with Crippen LogP contribution in [0.25, 0.3) is 0 Å². The van der Waals surface area contributed by atoms with E-state index in [2.05, 4.69) is 15.1 Å². The summed E-state index contributed by atoms with van der Waals surface area (Å²) in [6.07, 6.45) is 2.23. The normalized spacial score (nSPS) is 28.0. The first kappa shape index (κ1) is 15.0. The molecule has 7 nitrogen and oxygen atoms in total. The Kier molecular flexibility index (Phi) is 3.81. The molecule has 0 saturated carbocycles. The molecule has 8 heteroatoms. The van der Waals surface area contributed by atoms with Crippen molar-refractivity contribution in [3.05, 3.63) is 11.3 Å². The highest BCUT2D eigenvalue weighted by Crippen LogP contribution is 2.29. The fourth-order valence-corrected chi connectivity index (χ4v) is 5.33. The molecule has 0 aliphatic carbocycles. The van der Waals surface area contributed by atoms with Crippen molar-refractivity contribution in [3.63, 3.8) is 0 Å². The second kappa shape index (κ2) is 5.35. The van der Waals surface area contributed by atoms with E-state index in [1.54, 1.807) is 11.2 Å². The van der Waals surface area contributed by atoms with Gasteiger partial charge >= 0.3 is 0 Å². The van der Waals surface area contributed by atoms with Gasteiger partial charge in [0, 0.05) is 43.0 Å². The molecule has 3 rings (SSSR count). The Labute approximate surface area is 125 Å². The number of aromatic nitrogens is 2. The second-order valence-corrected chi connectivity index (χ2v) is 7.86. The molecule has 21 heavy (non-hydrogen) atoms. The van der Waals surface area contributed by atoms with Crippen LogP contribution in [0.15, 0.2) is 5.03 Å². The number of fused-ring (bicyclic) bond motifs is 1. The van der Waals surface area contributed by atoms with Gasteiger partial charge in [-0.05, 0) is 33.2 Å². The van der Waals surface area contributed by atoms with Crippen molar-refractivity contribution in [2.24, 2.45) is 5.73 Å². The number of aryl methyl sites for hydroxylation is 1. The van der Waals surface area contributed by atoms with Crippen LogP contribution in [0, 0.1) is 6.92 Å². The van der Waals surface area contributed by atoms with Gasteiger partial charge in [0.05, 0.1) is 0 Å². The molecule has 0 spiro atoms. The standard InChI is InChI=1S/C13H23N5O2S/c1-9-7-17-5-3-4-11(17)8-18(9)21(19,20)13-12(6-14)10(2)15-16-13/h9,11H,3-8,14H2,1-2H3,(H,15,16). The summed E-state index contributed by atoms with van der Waals surface area (Å²) < 4.78 is 27.5. The van der Waals surface area contributed by atoms with E-state index in [0.29, 0.717) is 18.2 Å². The molecule has 0 radical (unpaired) electrons. The molecule has 0 bridgehead atoms. The molecule has 3 N–H and O–H groups in total. The van der Waals surface area contributed by atoms with Gasteiger partial charge in [-0.25, -0.2) is 8.42 Å². The van der Waals surface area contributed by atoms with Crippen LogP contribution < -0.4 is 5.73 Å². The minimum Gasteiger partial charge on any atom is -0.326 e. The Morgan fingerprint density at radius 2 is 2.19 bits per heavy atom. The van der Waals surface area contributed by atoms with Crippen LogP contribution in [0.3, 0.4) is 0 Å². The summed E-state index contributed by atoms with van der Waals surface area (Å²) in [5.74, 6) is 0. The van der Waals surface area contributed by atoms with Gasteiger partial charge in [-0.15, -0.1) is 0 Å². The second-order valence-electron chi connectivity index (χ2n) is 6.05. The lowest BCUT2D eigenvalue weighted by atomic mass is 10.1. The smallest absolute Gasteiger partial charge is 0.263 e. The van der Waals surface area contributed by atoms with Gasteiger partial charge in [-0.3, -0.25) is 10.00 Å². The number of nitrogens with zero attached hydrogens (tertiary/aromatic N) is 3. The van der Waals surface area contributed by atoms with Crippen molar-refractivity contribution >= 4 is 10.0 Å². The van der Waals surface area contributed by atoms with Gasteiger partial charge in [0.25, 0.3) is 10.0 Å². The van der Waals surface area contributed by atoms with Crippen LogP contribution in [0.5, 0.6) is 0 Å². The van der Waals surface area contributed by atoms with Crippen LogP contribution in [0.2, 0.25) is 0 Å². The van der Waals surface area contributed by atoms with E-state index in [9.17, 15) is 8.42 Å². The van der Waals surface area contributed by atoms with Crippen molar-refractivity contribution in [1.29, 1.82) is 0 Å². The molecular formula is C13H23N5O2S. The van der Waals surface area contributed by atoms with Gasteiger partial charge in [0.1, 0.15) is 0 Å². The summed E-state index contributed by atoms with van der Waals surface area (Å²) in [5.41, 5.74) is 7.01. The predicted octanol–water partition coefficient (Wildman–Crippen LogP) is 0.0340. The summed E-state index contributed by atoms with van der Waals surface area (Å²) in [7, 11) is -3.59. The summed E-state index contributed by atoms with van der Waals surface area (Å²) in [6.45, 7) is 6.37. The summed E-state index contributed by atoms with van der Waals surface area (Å²) in [4.78, 5) is 2.40. The van der Waals surface area contributed by atoms with E-state index in [1.807, 2.05) is 6.92 Å². The lowest BCUT2D eigenvalue weighted by Crippen LogP contribution is -2.56. The van der Waals surface area contributed by atoms with Gasteiger partial charge < -0.3 is 5.73 Å². The number of H-pyrrole nitrogens is 1. The molecule has 2 aliphatic rings. The zero-order valence-corrected chi connectivity index (χ0v) is 13.4. The Hall–Kier alpha value is -0.960. The van der Waals surface area contributed by atoms with Crippen molar-refractivity contribution in [1.82, 2.24) is 19.4 Å². The maximum Gasteiger partial charge on any atom is 0.263 e. The van der Waals surface area contributed by atoms with E-state index in [1.165, 1.54) is 0 Å². The molecule has 0 aromatic carbocycles. The molecule has 1 aromatic rings. The van der Waals surface area contributed by atoms with E-state index in [0.717, 1.165) is 31.6 Å². The number of nitrogens with one attached hydrogen (secondary N) is 1. The van der Waals surface area contributed by atoms with Gasteiger partial charge in [0.15, 0.2) is 5.03 Å². The number of piperazine rings is 1. The van der Waals surface area contributed by atoms with Crippen molar-refractivity contribution < 1.29 is 8.42 Å². The number of hydrogen-bond acceptors (Lipinski definition) is 5. The predicted molar refractivity (Wildman–Crippen MR) is 79.2 cm³/mol. The molecule has 2 atom stereocenters. The average Bonchev–Trinajstić information content (AvgIpc) is 3.03. The highest BCUT2D eigenvalue weighted by Gasteiger charge is 2.41. The summed E-state index contributed by atoms with van der Waals surface area (Å²) in [6, 6.07) is 0.310. The van der Waals surface area contributed by atoms with Gasteiger partial charge in [-0.2, -0.15) is 9.40 Å². The topological polar surface area (TPSA) is 95.3 Å². The SMILES string of the molecule is Cc1[nH]nc(S(=O)(=O)N2CC3CCCN3CC2C)c1CN. The van der Waals surface area contributed by atoms with E-state index < -0.39 is 10.0 Å². The number of nitrogens with two attached hydrogens (primary N) is 1. The zero-order chi connectivity index (χ0) is 15.2. The van der Waals surface area contributed by atoms with Crippen molar-refractivity contribution in [2.45, 2.75) is 50.3 Å². The van der Waals surface area contributed by atoms with Crippen LogP contribution in [0.4, 0.5) is 0 Å². The van der Waals surface area contributed by atoms with E-state index in [4.69, 9.17) is 5.73 Å². The molecule has 2 saturated heterocycles. The molecule has 0 amide bonds. The Bertz CT molecular complexity index is 627. The van der Waals surface area contributed by atoms with Crippen molar-refractivity contribution in [3.8, 4) is 0 Å². The zero-order valence-electron chi connectivity index (χ0n) is 12.5. The van der Waals surface area contributed by atoms with Crippen LogP contribution in [-0.2, 0) is 16.6 Å². The third-order valence-electron chi connectivity index (χ3n) is 4.67. The first-order chi connectivity index (χ1) is 9.95. The number of aromatic amines is 1. The first-order valence-corrected chi connectivity index (χ1v) is 8.89. The molecule has 2 fully saturated rings. The molecule has 3 heterocycles. The fraction of sp³-hybridized carbons (Fsp3) is 0.769.